The Balaban J connectivity index is 0.000000196. The van der Waals surface area contributed by atoms with Crippen molar-refractivity contribution in [3.05, 3.63) is 129 Å². The molecule has 7 heteroatoms. The number of carbonyl (C=O) groups excluding carboxylic acids is 2. The lowest BCUT2D eigenvalue weighted by molar-refractivity contribution is -0.140. The van der Waals surface area contributed by atoms with Crippen molar-refractivity contribution in [2.24, 2.45) is 0 Å². The van der Waals surface area contributed by atoms with Crippen LogP contribution in [0, 0.1) is 0 Å². The number of hydrogen-bond donors (Lipinski definition) is 0. The zero-order chi connectivity index (χ0) is 24.3. The van der Waals surface area contributed by atoms with Gasteiger partial charge >= 0.3 is 5.97 Å². The number of esters is 1. The van der Waals surface area contributed by atoms with Gasteiger partial charge in [-0.25, -0.2) is 0 Å². The van der Waals surface area contributed by atoms with Crippen molar-refractivity contribution in [3.8, 4) is 0 Å². The molecule has 0 fully saturated rings. The quantitative estimate of drug-likeness (QED) is 0.189. The van der Waals surface area contributed by atoms with Crippen LogP contribution in [0.5, 0.6) is 0 Å². The van der Waals surface area contributed by atoms with Crippen LogP contribution in [-0.2, 0) is 9.53 Å². The molecular formula is C27H22Br2N2O3. The Bertz CT molecular complexity index is 1200. The number of methoxy groups -OCH3 is 1. The summed E-state index contributed by atoms with van der Waals surface area (Å²) in [7, 11) is 1.40. The van der Waals surface area contributed by atoms with Crippen molar-refractivity contribution in [1.29, 1.82) is 0 Å². The highest BCUT2D eigenvalue weighted by Gasteiger charge is 2.19. The van der Waals surface area contributed by atoms with E-state index in [2.05, 4.69) is 41.8 Å². The monoisotopic (exact) mass is 580 g/mol. The summed E-state index contributed by atoms with van der Waals surface area (Å²) in [5, 5.41) is 0. The van der Waals surface area contributed by atoms with Gasteiger partial charge in [0.2, 0.25) is 5.78 Å². The number of hydrogen-bond acceptors (Lipinski definition) is 5. The smallest absolute Gasteiger partial charge is 0.306 e. The van der Waals surface area contributed by atoms with Gasteiger partial charge in [0.1, 0.15) is 5.69 Å². The summed E-state index contributed by atoms with van der Waals surface area (Å²) in [6, 6.07) is 26.2. The van der Waals surface area contributed by atoms with E-state index >= 15 is 0 Å². The predicted octanol–water partition coefficient (Wildman–Crippen LogP) is 6.61. The van der Waals surface area contributed by atoms with E-state index in [4.69, 9.17) is 4.74 Å². The Morgan fingerprint density at radius 1 is 0.794 bits per heavy atom. The van der Waals surface area contributed by atoms with E-state index in [0.717, 1.165) is 20.2 Å². The maximum atomic E-state index is 11.9. The summed E-state index contributed by atoms with van der Waals surface area (Å²) in [6.07, 6.45) is 3.64. The molecule has 0 amide bonds. The van der Waals surface area contributed by atoms with E-state index in [9.17, 15) is 9.59 Å². The van der Waals surface area contributed by atoms with Crippen molar-refractivity contribution in [3.63, 3.8) is 0 Å². The average Bonchev–Trinajstić information content (AvgIpc) is 2.89. The lowest BCUT2D eigenvalue weighted by atomic mass is 9.92. The number of rotatable bonds is 6. The molecule has 0 spiro atoms. The van der Waals surface area contributed by atoms with E-state index in [1.165, 1.54) is 7.11 Å². The molecular weight excluding hydrogens is 560 g/mol. The minimum absolute atomic E-state index is 0.0527. The summed E-state index contributed by atoms with van der Waals surface area (Å²) in [6.45, 7) is 0. The molecule has 0 bridgehead atoms. The second-order valence-electron chi connectivity index (χ2n) is 7.19. The van der Waals surface area contributed by atoms with Crippen molar-refractivity contribution in [1.82, 2.24) is 9.97 Å². The molecule has 34 heavy (non-hydrogen) atoms. The van der Waals surface area contributed by atoms with Crippen LogP contribution >= 0.6 is 31.9 Å². The highest BCUT2D eigenvalue weighted by Crippen LogP contribution is 2.28. The largest absolute Gasteiger partial charge is 0.469 e. The molecule has 0 saturated carbocycles. The van der Waals surface area contributed by atoms with Gasteiger partial charge in [0.25, 0.3) is 0 Å². The first-order valence-electron chi connectivity index (χ1n) is 10.4. The lowest BCUT2D eigenvalue weighted by Crippen LogP contribution is -2.11. The summed E-state index contributed by atoms with van der Waals surface area (Å²) >= 11 is 6.73. The topological polar surface area (TPSA) is 69.2 Å². The Morgan fingerprint density at radius 3 is 1.91 bits per heavy atom. The maximum Gasteiger partial charge on any atom is 0.306 e. The summed E-state index contributed by atoms with van der Waals surface area (Å²) < 4.78 is 6.74. The van der Waals surface area contributed by atoms with Crippen LogP contribution in [-0.4, -0.2) is 28.8 Å². The summed E-state index contributed by atoms with van der Waals surface area (Å²) in [5.74, 6) is -0.372. The van der Waals surface area contributed by atoms with Crippen LogP contribution in [0.3, 0.4) is 0 Å². The number of benzene rings is 2. The first-order valence-corrected chi connectivity index (χ1v) is 12.0. The third-order valence-electron chi connectivity index (χ3n) is 4.92. The number of ketones is 1. The van der Waals surface area contributed by atoms with Crippen LogP contribution in [0.1, 0.15) is 39.6 Å². The molecule has 172 valence electrons. The lowest BCUT2D eigenvalue weighted by Gasteiger charge is -2.15. The molecule has 0 aliphatic heterocycles. The van der Waals surface area contributed by atoms with Crippen LogP contribution in [0.15, 0.2) is 106 Å². The average molecular weight is 582 g/mol. The molecule has 0 saturated heterocycles. The predicted molar refractivity (Wildman–Crippen MR) is 139 cm³/mol. The van der Waals surface area contributed by atoms with Gasteiger partial charge in [-0.1, -0.05) is 56.1 Å². The first kappa shape index (κ1) is 25.5. The second kappa shape index (κ2) is 12.9. The second-order valence-corrected chi connectivity index (χ2v) is 9.02. The fraction of sp³-hybridized carbons (Fsp3) is 0.111. The Morgan fingerprint density at radius 2 is 1.38 bits per heavy atom. The zero-order valence-electron chi connectivity index (χ0n) is 18.4. The normalized spacial score (nSPS) is 11.0. The van der Waals surface area contributed by atoms with Gasteiger partial charge in [0.15, 0.2) is 0 Å². The fourth-order valence-electron chi connectivity index (χ4n) is 3.17. The SMILES string of the molecule is COC(=O)CC(c1ccc(Br)cc1)c1ccccn1.O=C(c1ccc(Br)cc1)c1ccccn1. The zero-order valence-corrected chi connectivity index (χ0v) is 21.6. The van der Waals surface area contributed by atoms with Crippen molar-refractivity contribution < 1.29 is 14.3 Å². The molecule has 0 N–H and O–H groups in total. The molecule has 0 radical (unpaired) electrons. The summed E-state index contributed by atoms with van der Waals surface area (Å²) in [5.41, 5.74) is 3.04. The minimum Gasteiger partial charge on any atom is -0.469 e. The highest BCUT2D eigenvalue weighted by atomic mass is 79.9. The van der Waals surface area contributed by atoms with Gasteiger partial charge < -0.3 is 4.74 Å². The third-order valence-corrected chi connectivity index (χ3v) is 5.98. The van der Waals surface area contributed by atoms with Gasteiger partial charge in [-0.15, -0.1) is 0 Å². The first-order chi connectivity index (χ1) is 16.5. The molecule has 0 aliphatic carbocycles. The number of nitrogens with zero attached hydrogens (tertiary/aromatic N) is 2. The molecule has 2 aromatic carbocycles. The van der Waals surface area contributed by atoms with Crippen molar-refractivity contribution in [2.45, 2.75) is 12.3 Å². The molecule has 2 aromatic heterocycles. The van der Waals surface area contributed by atoms with E-state index in [1.807, 2.05) is 54.6 Å². The Labute approximate surface area is 215 Å². The van der Waals surface area contributed by atoms with E-state index < -0.39 is 0 Å². The van der Waals surface area contributed by atoms with Gasteiger partial charge in [-0.3, -0.25) is 19.6 Å². The van der Waals surface area contributed by atoms with E-state index in [0.29, 0.717) is 11.3 Å². The molecule has 1 atom stereocenters. The number of pyridine rings is 2. The summed E-state index contributed by atoms with van der Waals surface area (Å²) in [4.78, 5) is 31.8. The van der Waals surface area contributed by atoms with Crippen molar-refractivity contribution >= 4 is 43.6 Å². The molecule has 0 aliphatic rings. The molecule has 4 rings (SSSR count). The number of ether oxygens (including phenoxy) is 1. The van der Waals surface area contributed by atoms with Gasteiger partial charge in [-0.05, 0) is 66.2 Å². The molecule has 1 unspecified atom stereocenters. The number of halogens is 2. The standard InChI is InChI=1S/C15H14BrNO2.C12H8BrNO/c1-19-15(18)10-13(14-4-2-3-9-17-14)11-5-7-12(16)8-6-11;13-10-6-4-9(5-7-10)12(15)11-3-1-2-8-14-11/h2-9,13H,10H2,1H3;1-8H. The number of carbonyl (C=O) groups is 2. The van der Waals surface area contributed by atoms with E-state index in [-0.39, 0.29) is 24.1 Å². The van der Waals surface area contributed by atoms with Crippen molar-refractivity contribution in [2.75, 3.05) is 7.11 Å². The van der Waals surface area contributed by atoms with Crippen LogP contribution in [0.2, 0.25) is 0 Å². The molecule has 5 nitrogen and oxygen atoms in total. The molecule has 2 heterocycles. The Kier molecular flexibility index (Phi) is 9.67. The van der Waals surface area contributed by atoms with Crippen LogP contribution < -0.4 is 0 Å². The highest BCUT2D eigenvalue weighted by molar-refractivity contribution is 9.10. The van der Waals surface area contributed by atoms with Gasteiger partial charge in [0.05, 0.1) is 13.5 Å². The number of aromatic nitrogens is 2. The van der Waals surface area contributed by atoms with Gasteiger partial charge in [0, 0.05) is 38.5 Å². The van der Waals surface area contributed by atoms with Gasteiger partial charge in [-0.2, -0.15) is 0 Å². The molecule has 4 aromatic rings. The fourth-order valence-corrected chi connectivity index (χ4v) is 3.70. The van der Waals surface area contributed by atoms with Crippen LogP contribution in [0.4, 0.5) is 0 Å². The Hall–Kier alpha value is -3.16. The van der Waals surface area contributed by atoms with Crippen LogP contribution in [0.25, 0.3) is 0 Å². The maximum absolute atomic E-state index is 11.9. The minimum atomic E-state index is -0.237. The third kappa shape index (κ3) is 7.43. The van der Waals surface area contributed by atoms with E-state index in [1.54, 1.807) is 42.7 Å².